The molecule has 0 aliphatic rings. The topological polar surface area (TPSA) is 31.2 Å². The first-order valence-corrected chi connectivity index (χ1v) is 9.25. The Hall–Kier alpha value is -2.66. The van der Waals surface area contributed by atoms with Crippen LogP contribution in [-0.4, -0.2) is 17.0 Å². The first kappa shape index (κ1) is 20.1. The SMILES string of the molecule is Cc1cc(C(=O)COc2ccc(F)cc2Cl)c(C)n1CCc1ccc(F)cc1. The van der Waals surface area contributed by atoms with Crippen LogP contribution in [0.1, 0.15) is 27.3 Å². The molecule has 28 heavy (non-hydrogen) atoms. The average molecular weight is 404 g/mol. The first-order valence-electron chi connectivity index (χ1n) is 8.87. The largest absolute Gasteiger partial charge is 0.484 e. The molecule has 0 saturated heterocycles. The number of ketones is 1. The molecule has 0 N–H and O–H groups in total. The molecule has 0 amide bonds. The number of halogens is 3. The highest BCUT2D eigenvalue weighted by atomic mass is 35.5. The van der Waals surface area contributed by atoms with Gasteiger partial charge < -0.3 is 9.30 Å². The number of aryl methyl sites for hydroxylation is 2. The Bertz CT molecular complexity index is 997. The number of hydrogen-bond acceptors (Lipinski definition) is 2. The number of nitrogens with zero attached hydrogens (tertiary/aromatic N) is 1. The van der Waals surface area contributed by atoms with Gasteiger partial charge in [0.15, 0.2) is 6.61 Å². The lowest BCUT2D eigenvalue weighted by atomic mass is 10.1. The van der Waals surface area contributed by atoms with Crippen molar-refractivity contribution in [2.24, 2.45) is 0 Å². The van der Waals surface area contributed by atoms with Gasteiger partial charge in [0.1, 0.15) is 17.4 Å². The van der Waals surface area contributed by atoms with Crippen LogP contribution in [-0.2, 0) is 13.0 Å². The Balaban J connectivity index is 1.67. The fourth-order valence-electron chi connectivity index (χ4n) is 3.13. The highest BCUT2D eigenvalue weighted by Gasteiger charge is 2.17. The molecule has 0 spiro atoms. The number of carbonyl (C=O) groups excluding carboxylic acids is 1. The molecule has 1 heterocycles. The number of rotatable bonds is 7. The van der Waals surface area contributed by atoms with Gasteiger partial charge in [-0.15, -0.1) is 0 Å². The second kappa shape index (κ2) is 8.57. The van der Waals surface area contributed by atoms with E-state index in [4.69, 9.17) is 16.3 Å². The van der Waals surface area contributed by atoms with E-state index in [0.717, 1.165) is 29.4 Å². The van der Waals surface area contributed by atoms with Crippen LogP contribution in [0, 0.1) is 25.5 Å². The predicted molar refractivity (Wildman–Crippen MR) is 105 cm³/mol. The summed E-state index contributed by atoms with van der Waals surface area (Å²) >= 11 is 5.92. The van der Waals surface area contributed by atoms with E-state index in [9.17, 15) is 13.6 Å². The van der Waals surface area contributed by atoms with Crippen molar-refractivity contribution in [3.05, 3.63) is 87.7 Å². The number of ether oxygens (including phenoxy) is 1. The third-order valence-electron chi connectivity index (χ3n) is 4.66. The van der Waals surface area contributed by atoms with E-state index in [1.165, 1.54) is 24.3 Å². The fourth-order valence-corrected chi connectivity index (χ4v) is 3.35. The summed E-state index contributed by atoms with van der Waals surface area (Å²) in [6, 6.07) is 12.0. The maximum absolute atomic E-state index is 13.1. The maximum Gasteiger partial charge on any atom is 0.202 e. The summed E-state index contributed by atoms with van der Waals surface area (Å²) < 4.78 is 33.6. The molecule has 1 aromatic heterocycles. The summed E-state index contributed by atoms with van der Waals surface area (Å²) in [4.78, 5) is 12.6. The highest BCUT2D eigenvalue weighted by Crippen LogP contribution is 2.25. The molecule has 0 aliphatic carbocycles. The molecule has 0 radical (unpaired) electrons. The lowest BCUT2D eigenvalue weighted by Crippen LogP contribution is -2.13. The third-order valence-corrected chi connectivity index (χ3v) is 4.96. The van der Waals surface area contributed by atoms with E-state index in [1.807, 2.05) is 19.9 Å². The van der Waals surface area contributed by atoms with Crippen LogP contribution >= 0.6 is 11.6 Å². The molecule has 0 fully saturated rings. The Labute approximate surface area is 167 Å². The van der Waals surface area contributed by atoms with Crippen LogP contribution in [0.5, 0.6) is 5.75 Å². The standard InChI is InChI=1S/C22H20ClF2NO2/c1-14-11-19(21(27)13-28-22-8-7-18(25)12-20(22)23)15(2)26(14)10-9-16-3-5-17(24)6-4-16/h3-8,11-12H,9-10,13H2,1-2H3. The zero-order valence-corrected chi connectivity index (χ0v) is 16.4. The lowest BCUT2D eigenvalue weighted by molar-refractivity contribution is 0.0921. The molecule has 0 aliphatic heterocycles. The van der Waals surface area contributed by atoms with Crippen LogP contribution in [0.3, 0.4) is 0 Å². The van der Waals surface area contributed by atoms with Crippen molar-refractivity contribution in [1.29, 1.82) is 0 Å². The summed E-state index contributed by atoms with van der Waals surface area (Å²) in [5.41, 5.74) is 3.41. The monoisotopic (exact) mass is 403 g/mol. The smallest absolute Gasteiger partial charge is 0.202 e. The molecule has 2 aromatic carbocycles. The van der Waals surface area contributed by atoms with Crippen LogP contribution < -0.4 is 4.74 Å². The predicted octanol–water partition coefficient (Wildman–Crippen LogP) is 5.54. The Kier molecular flexibility index (Phi) is 6.15. The second-order valence-electron chi connectivity index (χ2n) is 6.60. The van der Waals surface area contributed by atoms with Crippen molar-refractivity contribution >= 4 is 17.4 Å². The van der Waals surface area contributed by atoms with Gasteiger partial charge in [0.05, 0.1) is 5.02 Å². The molecule has 146 valence electrons. The van der Waals surface area contributed by atoms with E-state index in [2.05, 4.69) is 4.57 Å². The average Bonchev–Trinajstić information content (AvgIpc) is 2.94. The number of aromatic nitrogens is 1. The van der Waals surface area contributed by atoms with Crippen LogP contribution in [0.4, 0.5) is 8.78 Å². The number of carbonyl (C=O) groups is 1. The first-order chi connectivity index (χ1) is 13.3. The third kappa shape index (κ3) is 4.60. The molecular formula is C22H20ClF2NO2. The van der Waals surface area contributed by atoms with Gasteiger partial charge in [-0.05, 0) is 62.2 Å². The van der Waals surface area contributed by atoms with Crippen LogP contribution in [0.2, 0.25) is 5.02 Å². The van der Waals surface area contributed by atoms with E-state index in [-0.39, 0.29) is 29.0 Å². The molecule has 3 nitrogen and oxygen atoms in total. The molecule has 3 rings (SSSR count). The Morgan fingerprint density at radius 1 is 1.04 bits per heavy atom. The van der Waals surface area contributed by atoms with E-state index >= 15 is 0 Å². The summed E-state index contributed by atoms with van der Waals surface area (Å²) in [5, 5.41) is 0.123. The molecule has 6 heteroatoms. The zero-order chi connectivity index (χ0) is 20.3. The Morgan fingerprint density at radius 3 is 2.39 bits per heavy atom. The minimum Gasteiger partial charge on any atom is -0.484 e. The van der Waals surface area contributed by atoms with Crippen molar-refractivity contribution in [1.82, 2.24) is 4.57 Å². The molecular weight excluding hydrogens is 384 g/mol. The summed E-state index contributed by atoms with van der Waals surface area (Å²) in [6.45, 7) is 4.32. The van der Waals surface area contributed by atoms with Gasteiger partial charge in [-0.1, -0.05) is 23.7 Å². The van der Waals surface area contributed by atoms with E-state index in [1.54, 1.807) is 12.1 Å². The lowest BCUT2D eigenvalue weighted by Gasteiger charge is -2.10. The summed E-state index contributed by atoms with van der Waals surface area (Å²) in [5.74, 6) is -0.636. The molecule has 0 atom stereocenters. The van der Waals surface area contributed by atoms with Gasteiger partial charge in [0.25, 0.3) is 0 Å². The van der Waals surface area contributed by atoms with Crippen molar-refractivity contribution in [3.63, 3.8) is 0 Å². The van der Waals surface area contributed by atoms with Crippen molar-refractivity contribution in [3.8, 4) is 5.75 Å². The quantitative estimate of drug-likeness (QED) is 0.485. The van der Waals surface area contributed by atoms with Gasteiger partial charge in [-0.25, -0.2) is 8.78 Å². The minimum atomic E-state index is -0.464. The van der Waals surface area contributed by atoms with Gasteiger partial charge >= 0.3 is 0 Å². The number of hydrogen-bond donors (Lipinski definition) is 0. The van der Waals surface area contributed by atoms with Gasteiger partial charge in [-0.2, -0.15) is 0 Å². The maximum atomic E-state index is 13.1. The highest BCUT2D eigenvalue weighted by molar-refractivity contribution is 6.32. The molecule has 3 aromatic rings. The number of Topliss-reactive ketones (excluding diaryl/α,β-unsaturated/α-hetero) is 1. The van der Waals surface area contributed by atoms with Gasteiger partial charge in [0, 0.05) is 23.5 Å². The number of benzene rings is 2. The Morgan fingerprint density at radius 2 is 1.71 bits per heavy atom. The summed E-state index contributed by atoms with van der Waals surface area (Å²) in [6.07, 6.45) is 0.728. The van der Waals surface area contributed by atoms with Crippen molar-refractivity contribution in [2.45, 2.75) is 26.8 Å². The zero-order valence-electron chi connectivity index (χ0n) is 15.6. The normalized spacial score (nSPS) is 10.9. The second-order valence-corrected chi connectivity index (χ2v) is 7.01. The van der Waals surface area contributed by atoms with Crippen LogP contribution in [0.25, 0.3) is 0 Å². The van der Waals surface area contributed by atoms with Crippen LogP contribution in [0.15, 0.2) is 48.5 Å². The van der Waals surface area contributed by atoms with Crippen molar-refractivity contribution < 1.29 is 18.3 Å². The minimum absolute atomic E-state index is 0.123. The van der Waals surface area contributed by atoms with Gasteiger partial charge in [-0.3, -0.25) is 4.79 Å². The molecule has 0 bridgehead atoms. The van der Waals surface area contributed by atoms with E-state index < -0.39 is 5.82 Å². The fraction of sp³-hybridized carbons (Fsp3) is 0.227. The molecule has 0 saturated carbocycles. The van der Waals surface area contributed by atoms with Gasteiger partial charge in [0.2, 0.25) is 5.78 Å². The summed E-state index contributed by atoms with van der Waals surface area (Å²) in [7, 11) is 0. The molecule has 0 unspecified atom stereocenters. The van der Waals surface area contributed by atoms with E-state index in [0.29, 0.717) is 12.1 Å². The van der Waals surface area contributed by atoms with Crippen molar-refractivity contribution in [2.75, 3.05) is 6.61 Å².